The summed E-state index contributed by atoms with van der Waals surface area (Å²) in [4.78, 5) is 33.7. The monoisotopic (exact) mass is 429 g/mol. The van der Waals surface area contributed by atoms with Crippen molar-refractivity contribution in [3.05, 3.63) is 86.1 Å². The maximum Gasteiger partial charge on any atom is 0.332 e. The number of aromatic nitrogens is 4. The van der Waals surface area contributed by atoms with E-state index in [1.165, 1.54) is 9.13 Å². The lowest BCUT2D eigenvalue weighted by atomic mass is 10.1. The van der Waals surface area contributed by atoms with Gasteiger partial charge in [-0.2, -0.15) is 4.98 Å². The van der Waals surface area contributed by atoms with Crippen LogP contribution in [0.5, 0.6) is 0 Å². The van der Waals surface area contributed by atoms with Crippen LogP contribution in [0, 0.1) is 19.8 Å². The molecule has 0 unspecified atom stereocenters. The van der Waals surface area contributed by atoms with Crippen LogP contribution in [0.2, 0.25) is 0 Å². The molecule has 1 atom stereocenters. The molecule has 0 N–H and O–H groups in total. The molecule has 32 heavy (non-hydrogen) atoms. The summed E-state index contributed by atoms with van der Waals surface area (Å²) in [6.45, 7) is 7.96. The van der Waals surface area contributed by atoms with Gasteiger partial charge in [0.15, 0.2) is 11.2 Å². The highest BCUT2D eigenvalue weighted by molar-refractivity contribution is 5.77. The molecule has 2 aromatic carbocycles. The van der Waals surface area contributed by atoms with Crippen molar-refractivity contribution in [3.8, 4) is 0 Å². The molecule has 3 heterocycles. The van der Waals surface area contributed by atoms with Crippen molar-refractivity contribution in [3.63, 3.8) is 0 Å². The third kappa shape index (κ3) is 3.25. The van der Waals surface area contributed by atoms with Crippen molar-refractivity contribution < 1.29 is 0 Å². The van der Waals surface area contributed by atoms with E-state index < -0.39 is 0 Å². The number of aryl methyl sites for hydroxylation is 3. The quantitative estimate of drug-likeness (QED) is 0.501. The molecular formula is C25H27N5O2. The summed E-state index contributed by atoms with van der Waals surface area (Å²) in [5, 5.41) is 0. The van der Waals surface area contributed by atoms with Gasteiger partial charge in [0.05, 0.1) is 6.54 Å². The van der Waals surface area contributed by atoms with Crippen molar-refractivity contribution in [2.75, 3.05) is 11.4 Å². The lowest BCUT2D eigenvalue weighted by Gasteiger charge is -2.33. The van der Waals surface area contributed by atoms with Crippen molar-refractivity contribution in [2.45, 2.75) is 33.9 Å². The second-order valence-electron chi connectivity index (χ2n) is 8.97. The van der Waals surface area contributed by atoms with Gasteiger partial charge in [-0.25, -0.2) is 4.79 Å². The van der Waals surface area contributed by atoms with E-state index in [1.54, 1.807) is 7.05 Å². The van der Waals surface area contributed by atoms with Crippen LogP contribution in [0.1, 0.15) is 23.6 Å². The zero-order valence-electron chi connectivity index (χ0n) is 18.9. The van der Waals surface area contributed by atoms with E-state index in [-0.39, 0.29) is 17.8 Å². The summed E-state index contributed by atoms with van der Waals surface area (Å²) < 4.78 is 4.81. The summed E-state index contributed by atoms with van der Waals surface area (Å²) in [5.74, 6) is 1.03. The number of anilines is 2. The SMILES string of the molecule is Cc1cccc(Cn2c(=O)c3c(nc4n3C[C@@H](C)CN4c3cccc(C)c3)n(C)c2=O)c1. The number of benzene rings is 2. The maximum absolute atomic E-state index is 13.6. The predicted molar refractivity (Wildman–Crippen MR) is 127 cm³/mol. The summed E-state index contributed by atoms with van der Waals surface area (Å²) in [6.07, 6.45) is 0. The minimum absolute atomic E-state index is 0.237. The fourth-order valence-corrected chi connectivity index (χ4v) is 4.65. The molecule has 4 aromatic rings. The molecular weight excluding hydrogens is 402 g/mol. The van der Waals surface area contributed by atoms with Gasteiger partial charge >= 0.3 is 5.69 Å². The first kappa shape index (κ1) is 20.3. The zero-order valence-corrected chi connectivity index (χ0v) is 18.9. The van der Waals surface area contributed by atoms with Gasteiger partial charge in [0, 0.05) is 25.8 Å². The molecule has 164 valence electrons. The van der Waals surface area contributed by atoms with E-state index in [9.17, 15) is 9.59 Å². The highest BCUT2D eigenvalue weighted by Crippen LogP contribution is 2.33. The molecule has 1 aliphatic heterocycles. The molecule has 0 aliphatic carbocycles. The summed E-state index contributed by atoms with van der Waals surface area (Å²) in [6, 6.07) is 16.2. The minimum atomic E-state index is -0.352. The number of nitrogens with zero attached hydrogens (tertiary/aromatic N) is 5. The second kappa shape index (κ2) is 7.51. The Hall–Kier alpha value is -3.61. The van der Waals surface area contributed by atoms with E-state index in [2.05, 4.69) is 36.9 Å². The molecule has 0 amide bonds. The molecule has 0 fully saturated rings. The van der Waals surface area contributed by atoms with Gasteiger partial charge in [0.1, 0.15) is 0 Å². The lowest BCUT2D eigenvalue weighted by molar-refractivity contribution is 0.458. The van der Waals surface area contributed by atoms with Crippen molar-refractivity contribution in [1.82, 2.24) is 18.7 Å². The van der Waals surface area contributed by atoms with Crippen LogP contribution in [-0.2, 0) is 20.1 Å². The Labute approximate surface area is 186 Å². The van der Waals surface area contributed by atoms with Crippen molar-refractivity contribution in [1.29, 1.82) is 0 Å². The first-order valence-electron chi connectivity index (χ1n) is 10.9. The second-order valence-corrected chi connectivity index (χ2v) is 8.97. The van der Waals surface area contributed by atoms with E-state index >= 15 is 0 Å². The maximum atomic E-state index is 13.6. The molecule has 0 radical (unpaired) electrons. The molecule has 1 aliphatic rings. The number of fused-ring (bicyclic) bond motifs is 3. The summed E-state index contributed by atoms with van der Waals surface area (Å²) >= 11 is 0. The Morgan fingerprint density at radius 3 is 2.44 bits per heavy atom. The van der Waals surface area contributed by atoms with Gasteiger partial charge < -0.3 is 9.47 Å². The lowest BCUT2D eigenvalue weighted by Crippen LogP contribution is -2.40. The first-order chi connectivity index (χ1) is 15.3. The molecule has 5 rings (SSSR count). The molecule has 7 heteroatoms. The smallest absolute Gasteiger partial charge is 0.312 e. The van der Waals surface area contributed by atoms with Gasteiger partial charge in [0.2, 0.25) is 5.95 Å². The van der Waals surface area contributed by atoms with Crippen LogP contribution >= 0.6 is 0 Å². The van der Waals surface area contributed by atoms with E-state index in [4.69, 9.17) is 4.98 Å². The molecule has 2 aromatic heterocycles. The zero-order chi connectivity index (χ0) is 22.6. The van der Waals surface area contributed by atoms with Crippen LogP contribution in [0.4, 0.5) is 11.6 Å². The number of rotatable bonds is 3. The fourth-order valence-electron chi connectivity index (χ4n) is 4.65. The highest BCUT2D eigenvalue weighted by Gasteiger charge is 2.29. The van der Waals surface area contributed by atoms with Gasteiger partial charge in [-0.05, 0) is 43.0 Å². The van der Waals surface area contributed by atoms with Crippen LogP contribution in [0.3, 0.4) is 0 Å². The standard InChI is InChI=1S/C25H27N5O2/c1-16-7-5-9-19(11-16)15-30-23(31)21-22(27(4)25(30)32)26-24-28(13-18(3)14-29(21)24)20-10-6-8-17(2)12-20/h5-12,18H,13-15H2,1-4H3/t18-/m0/s1. The summed E-state index contributed by atoms with van der Waals surface area (Å²) in [5.41, 5.74) is 4.50. The normalized spacial score (nSPS) is 15.9. The highest BCUT2D eigenvalue weighted by atomic mass is 16.2. The third-order valence-electron chi connectivity index (χ3n) is 6.18. The molecule has 0 saturated carbocycles. The molecule has 7 nitrogen and oxygen atoms in total. The number of hydrogen-bond donors (Lipinski definition) is 0. The first-order valence-corrected chi connectivity index (χ1v) is 10.9. The topological polar surface area (TPSA) is 65.1 Å². The number of hydrogen-bond acceptors (Lipinski definition) is 4. The van der Waals surface area contributed by atoms with Crippen LogP contribution in [0.15, 0.2) is 58.1 Å². The predicted octanol–water partition coefficient (Wildman–Crippen LogP) is 3.35. The van der Waals surface area contributed by atoms with Crippen LogP contribution in [0.25, 0.3) is 11.2 Å². The average Bonchev–Trinajstić information content (AvgIpc) is 3.14. The Morgan fingerprint density at radius 1 is 1.00 bits per heavy atom. The molecule has 0 bridgehead atoms. The Kier molecular flexibility index (Phi) is 4.77. The Morgan fingerprint density at radius 2 is 1.72 bits per heavy atom. The van der Waals surface area contributed by atoms with Gasteiger partial charge in [-0.15, -0.1) is 0 Å². The van der Waals surface area contributed by atoms with Crippen molar-refractivity contribution in [2.24, 2.45) is 13.0 Å². The fraction of sp³-hybridized carbons (Fsp3) is 0.320. The van der Waals surface area contributed by atoms with Gasteiger partial charge in [0.25, 0.3) is 5.56 Å². The van der Waals surface area contributed by atoms with Crippen LogP contribution < -0.4 is 16.1 Å². The van der Waals surface area contributed by atoms with E-state index in [0.717, 1.165) is 28.9 Å². The largest absolute Gasteiger partial charge is 0.332 e. The average molecular weight is 430 g/mol. The Balaban J connectivity index is 1.73. The summed E-state index contributed by atoms with van der Waals surface area (Å²) in [7, 11) is 1.69. The van der Waals surface area contributed by atoms with Crippen LogP contribution in [-0.4, -0.2) is 25.2 Å². The molecule has 0 saturated heterocycles. The van der Waals surface area contributed by atoms with E-state index in [1.807, 2.05) is 41.8 Å². The van der Waals surface area contributed by atoms with E-state index in [0.29, 0.717) is 29.6 Å². The number of imidazole rings is 1. The Bertz CT molecular complexity index is 1460. The molecule has 0 spiro atoms. The minimum Gasteiger partial charge on any atom is -0.312 e. The van der Waals surface area contributed by atoms with Gasteiger partial charge in [-0.1, -0.05) is 48.9 Å². The third-order valence-corrected chi connectivity index (χ3v) is 6.18. The van der Waals surface area contributed by atoms with Gasteiger partial charge in [-0.3, -0.25) is 13.9 Å². The van der Waals surface area contributed by atoms with Crippen molar-refractivity contribution >= 4 is 22.8 Å².